The molecule has 0 aromatic heterocycles. The van der Waals surface area contributed by atoms with Gasteiger partial charge in [-0.3, -0.25) is 9.69 Å². The van der Waals surface area contributed by atoms with Gasteiger partial charge in [-0.25, -0.2) is 0 Å². The van der Waals surface area contributed by atoms with Gasteiger partial charge < -0.3 is 19.9 Å². The average Bonchev–Trinajstić information content (AvgIpc) is 2.63. The van der Waals surface area contributed by atoms with Gasteiger partial charge in [-0.05, 0) is 35.4 Å². The first-order valence-corrected chi connectivity index (χ1v) is 8.97. The third-order valence-electron chi connectivity index (χ3n) is 4.58. The maximum Gasteiger partial charge on any atom is 0.573 e. The molecule has 1 aliphatic rings. The number of carboxylic acids is 1. The molecule has 0 amide bonds. The first kappa shape index (κ1) is 20.8. The number of benzene rings is 2. The van der Waals surface area contributed by atoms with Crippen molar-refractivity contribution in [3.8, 4) is 11.5 Å². The number of nitrogens with zero attached hydrogens (tertiary/aromatic N) is 1. The summed E-state index contributed by atoms with van der Waals surface area (Å²) in [5, 5.41) is 11.6. The van der Waals surface area contributed by atoms with Crippen LogP contribution >= 0.6 is 0 Å². The van der Waals surface area contributed by atoms with Crippen molar-refractivity contribution in [3.63, 3.8) is 0 Å². The number of rotatable bonds is 8. The highest BCUT2D eigenvalue weighted by molar-refractivity contribution is 5.71. The van der Waals surface area contributed by atoms with E-state index in [0.717, 1.165) is 5.56 Å². The molecule has 0 atom stereocenters. The van der Waals surface area contributed by atoms with Crippen molar-refractivity contribution in [3.05, 3.63) is 53.6 Å². The van der Waals surface area contributed by atoms with Gasteiger partial charge in [0.1, 0.15) is 12.4 Å². The second-order valence-electron chi connectivity index (χ2n) is 6.79. The van der Waals surface area contributed by atoms with Gasteiger partial charge in [0, 0.05) is 26.7 Å². The van der Waals surface area contributed by atoms with E-state index in [0.29, 0.717) is 30.9 Å². The van der Waals surface area contributed by atoms with Crippen LogP contribution in [0.4, 0.5) is 18.9 Å². The zero-order valence-corrected chi connectivity index (χ0v) is 15.7. The molecule has 6 nitrogen and oxygen atoms in total. The van der Waals surface area contributed by atoms with Gasteiger partial charge in [-0.15, -0.1) is 13.2 Å². The van der Waals surface area contributed by atoms with Crippen LogP contribution < -0.4 is 14.8 Å². The van der Waals surface area contributed by atoms with Gasteiger partial charge >= 0.3 is 12.3 Å². The quantitative estimate of drug-likeness (QED) is 0.691. The standard InChI is InChI=1S/C20H21F3N2O4/c1-24-17-8-14(4-7-18(17)29-20(21,22)23)12-28-16-5-2-13(3-6-16)9-25-10-15(11-25)19(26)27/h2-8,15,24H,9-12H2,1H3,(H,26,27). The minimum atomic E-state index is -4.75. The van der Waals surface area contributed by atoms with Crippen LogP contribution in [0.3, 0.4) is 0 Å². The summed E-state index contributed by atoms with van der Waals surface area (Å²) >= 11 is 0. The molecule has 0 radical (unpaired) electrons. The topological polar surface area (TPSA) is 71.0 Å². The smallest absolute Gasteiger partial charge is 0.489 e. The number of ether oxygens (including phenoxy) is 2. The number of alkyl halides is 3. The molecule has 3 rings (SSSR count). The van der Waals surface area contributed by atoms with Gasteiger partial charge in [-0.2, -0.15) is 0 Å². The van der Waals surface area contributed by atoms with Gasteiger partial charge in [-0.1, -0.05) is 18.2 Å². The SMILES string of the molecule is CNc1cc(COc2ccc(CN3CC(C(=O)O)C3)cc2)ccc1OC(F)(F)F. The van der Waals surface area contributed by atoms with Gasteiger partial charge in [0.25, 0.3) is 0 Å². The molecule has 2 aromatic carbocycles. The monoisotopic (exact) mass is 410 g/mol. The van der Waals surface area contributed by atoms with Crippen LogP contribution in [0.25, 0.3) is 0 Å². The maximum absolute atomic E-state index is 12.4. The maximum atomic E-state index is 12.4. The molecule has 1 heterocycles. The molecule has 29 heavy (non-hydrogen) atoms. The lowest BCUT2D eigenvalue weighted by molar-refractivity contribution is -0.274. The highest BCUT2D eigenvalue weighted by atomic mass is 19.4. The number of carboxylic acid groups (broad SMARTS) is 1. The summed E-state index contributed by atoms with van der Waals surface area (Å²) in [6, 6.07) is 11.7. The first-order chi connectivity index (χ1) is 13.7. The van der Waals surface area contributed by atoms with Crippen LogP contribution in [0.5, 0.6) is 11.5 Å². The number of anilines is 1. The molecule has 2 N–H and O–H groups in total. The molecule has 0 aliphatic carbocycles. The van der Waals surface area contributed by atoms with E-state index in [-0.39, 0.29) is 24.0 Å². The Morgan fingerprint density at radius 1 is 1.17 bits per heavy atom. The number of likely N-dealkylation sites (tertiary alicyclic amines) is 1. The fraction of sp³-hybridized carbons (Fsp3) is 0.350. The molecule has 9 heteroatoms. The molecule has 1 aliphatic heterocycles. The van der Waals surface area contributed by atoms with Crippen molar-refractivity contribution in [1.82, 2.24) is 4.90 Å². The van der Waals surface area contributed by atoms with Crippen molar-refractivity contribution < 1.29 is 32.5 Å². The largest absolute Gasteiger partial charge is 0.573 e. The predicted molar refractivity (Wildman–Crippen MR) is 99.8 cm³/mol. The van der Waals surface area contributed by atoms with E-state index in [1.165, 1.54) is 25.2 Å². The zero-order chi connectivity index (χ0) is 21.0. The molecular weight excluding hydrogens is 389 g/mol. The summed E-state index contributed by atoms with van der Waals surface area (Å²) < 4.78 is 46.9. The lowest BCUT2D eigenvalue weighted by atomic mass is 10.00. The third kappa shape index (κ3) is 5.77. The van der Waals surface area contributed by atoms with E-state index < -0.39 is 12.3 Å². The van der Waals surface area contributed by atoms with Crippen LogP contribution in [0.15, 0.2) is 42.5 Å². The number of hydrogen-bond acceptors (Lipinski definition) is 5. The molecule has 0 unspecified atom stereocenters. The Labute approximate surface area is 165 Å². The van der Waals surface area contributed by atoms with Crippen LogP contribution in [-0.4, -0.2) is 42.5 Å². The summed E-state index contributed by atoms with van der Waals surface area (Å²) in [7, 11) is 1.51. The number of aliphatic carboxylic acids is 1. The van der Waals surface area contributed by atoms with Gasteiger partial charge in [0.15, 0.2) is 5.75 Å². The Bertz CT molecular complexity index is 850. The van der Waals surface area contributed by atoms with Crippen LogP contribution in [0, 0.1) is 5.92 Å². The normalized spacial score (nSPS) is 14.9. The van der Waals surface area contributed by atoms with E-state index in [2.05, 4.69) is 15.0 Å². The van der Waals surface area contributed by atoms with Crippen LogP contribution in [-0.2, 0) is 17.9 Å². The molecule has 0 spiro atoms. The Hall–Kier alpha value is -2.94. The fourth-order valence-electron chi connectivity index (χ4n) is 3.05. The van der Waals surface area contributed by atoms with Gasteiger partial charge in [0.05, 0.1) is 11.6 Å². The van der Waals surface area contributed by atoms with Crippen molar-refractivity contribution in [2.75, 3.05) is 25.5 Å². The molecule has 1 saturated heterocycles. The molecule has 2 aromatic rings. The van der Waals surface area contributed by atoms with E-state index >= 15 is 0 Å². The average molecular weight is 410 g/mol. The zero-order valence-electron chi connectivity index (χ0n) is 15.7. The Kier molecular flexibility index (Phi) is 6.17. The van der Waals surface area contributed by atoms with Crippen molar-refractivity contribution >= 4 is 11.7 Å². The highest BCUT2D eigenvalue weighted by Gasteiger charge is 2.32. The predicted octanol–water partition coefficient (Wildman–Crippen LogP) is 3.72. The number of nitrogens with one attached hydrogen (secondary N) is 1. The summed E-state index contributed by atoms with van der Waals surface area (Å²) in [6.45, 7) is 1.97. The number of carbonyl (C=O) groups is 1. The minimum Gasteiger partial charge on any atom is -0.489 e. The second kappa shape index (κ2) is 8.60. The Morgan fingerprint density at radius 2 is 1.83 bits per heavy atom. The summed E-state index contributed by atoms with van der Waals surface area (Å²) in [5.41, 5.74) is 1.95. The number of halogens is 3. The molecule has 156 valence electrons. The molecule has 0 saturated carbocycles. The van der Waals surface area contributed by atoms with Crippen LogP contribution in [0.1, 0.15) is 11.1 Å². The summed E-state index contributed by atoms with van der Waals surface area (Å²) in [6.07, 6.45) is -4.75. The summed E-state index contributed by atoms with van der Waals surface area (Å²) in [4.78, 5) is 12.9. The van der Waals surface area contributed by atoms with E-state index in [9.17, 15) is 18.0 Å². The lowest BCUT2D eigenvalue weighted by Gasteiger charge is -2.36. The fourth-order valence-corrected chi connectivity index (χ4v) is 3.05. The van der Waals surface area contributed by atoms with Gasteiger partial charge in [0.2, 0.25) is 0 Å². The summed E-state index contributed by atoms with van der Waals surface area (Å²) in [5.74, 6) is -0.718. The first-order valence-electron chi connectivity index (χ1n) is 8.97. The van der Waals surface area contributed by atoms with E-state index in [1.54, 1.807) is 0 Å². The van der Waals surface area contributed by atoms with Crippen molar-refractivity contribution in [2.24, 2.45) is 5.92 Å². The molecular formula is C20H21F3N2O4. The molecule has 0 bridgehead atoms. The minimum absolute atomic E-state index is 0.187. The Morgan fingerprint density at radius 3 is 2.41 bits per heavy atom. The van der Waals surface area contributed by atoms with Crippen molar-refractivity contribution in [2.45, 2.75) is 19.5 Å². The highest BCUT2D eigenvalue weighted by Crippen LogP contribution is 2.31. The molecule has 1 fully saturated rings. The Balaban J connectivity index is 1.53. The second-order valence-corrected chi connectivity index (χ2v) is 6.79. The van der Waals surface area contributed by atoms with E-state index in [1.807, 2.05) is 24.3 Å². The van der Waals surface area contributed by atoms with E-state index in [4.69, 9.17) is 9.84 Å². The third-order valence-corrected chi connectivity index (χ3v) is 4.58. The van der Waals surface area contributed by atoms with Crippen molar-refractivity contribution in [1.29, 1.82) is 0 Å². The number of hydrogen-bond donors (Lipinski definition) is 2. The lowest BCUT2D eigenvalue weighted by Crippen LogP contribution is -2.49. The van der Waals surface area contributed by atoms with Crippen LogP contribution in [0.2, 0.25) is 0 Å².